The lowest BCUT2D eigenvalue weighted by atomic mass is 9.88. The van der Waals surface area contributed by atoms with Gasteiger partial charge in [0.05, 0.1) is 35.7 Å². The van der Waals surface area contributed by atoms with Gasteiger partial charge in [-0.15, -0.1) is 0 Å². The van der Waals surface area contributed by atoms with Crippen molar-refractivity contribution in [2.75, 3.05) is 46.5 Å². The van der Waals surface area contributed by atoms with Gasteiger partial charge < -0.3 is 41.6 Å². The molecule has 1 aromatic heterocycles. The highest BCUT2D eigenvalue weighted by molar-refractivity contribution is 6.01. The number of nitriles is 1. The smallest absolute Gasteiger partial charge is 0.226 e. The standard InChI is InChI=1S/C52H62N8O8/c1-30-24-43(63)48(34-9-12-45(68-23-20-56)38(27-34)37-25-33(7-11-44(37)67-22-19-55)26-40(59-50(30)64)41(61)6-5-17-53)60(4)51(65)36(13-18-54)28-42(62)47-31(2)57-49(58-32(47)3)35-8-10-39-46(29-35)66-21-16-52(39)14-15-52/h7-12,25,27,29-30,36,40,48H,5-6,13-16,18-24,26,28,54-56H2,1-4H3,(H,59,64)/t30-,36-,40+,48+/m1/s1. The first-order valence-corrected chi connectivity index (χ1v) is 23.5. The summed E-state index contributed by atoms with van der Waals surface area (Å²) in [6.45, 7) is 6.60. The maximum atomic E-state index is 14.9. The Morgan fingerprint density at radius 3 is 2.24 bits per heavy atom. The van der Waals surface area contributed by atoms with E-state index < -0.39 is 41.5 Å². The SMILES string of the molecule is Cc1nc(-c2ccc3c(c2)OCCC32CC2)nc(C)c1C(=O)C[C@@H](CCN)C(=O)N(C)[C@@H]1C(=O)C[C@@H](C)C(=O)N[C@H](C(=O)CCC#N)Cc2ccc(OCCN)c(c2)-c2cc1ccc2OCCN. The molecule has 7 N–H and O–H groups in total. The van der Waals surface area contributed by atoms with Gasteiger partial charge in [-0.1, -0.05) is 31.2 Å². The normalized spacial score (nSPS) is 18.8. The lowest BCUT2D eigenvalue weighted by Gasteiger charge is -2.32. The molecule has 0 unspecified atom stereocenters. The van der Waals surface area contributed by atoms with E-state index in [0.717, 1.165) is 30.6 Å². The molecule has 7 rings (SSSR count). The number of carbonyl (C=O) groups excluding carboxylic acids is 5. The van der Waals surface area contributed by atoms with Gasteiger partial charge in [0, 0.05) is 85.3 Å². The zero-order valence-electron chi connectivity index (χ0n) is 39.4. The zero-order valence-corrected chi connectivity index (χ0v) is 39.4. The van der Waals surface area contributed by atoms with E-state index >= 15 is 0 Å². The Morgan fingerprint density at radius 1 is 0.912 bits per heavy atom. The molecule has 68 heavy (non-hydrogen) atoms. The van der Waals surface area contributed by atoms with Crippen LogP contribution in [0.1, 0.15) is 103 Å². The fraction of sp³-hybridized carbons (Fsp3) is 0.462. The number of Topliss-reactive ketones (excluding diaryl/α,β-unsaturated/α-hetero) is 3. The minimum Gasteiger partial charge on any atom is -0.493 e. The van der Waals surface area contributed by atoms with Crippen molar-refractivity contribution in [1.82, 2.24) is 20.2 Å². The number of fused-ring (bicyclic) bond motifs is 7. The molecule has 3 aliphatic rings. The summed E-state index contributed by atoms with van der Waals surface area (Å²) in [7, 11) is 1.51. The van der Waals surface area contributed by atoms with Crippen molar-refractivity contribution in [1.29, 1.82) is 5.26 Å². The van der Waals surface area contributed by atoms with Crippen LogP contribution in [0.5, 0.6) is 17.2 Å². The Kier molecular flexibility index (Phi) is 15.7. The van der Waals surface area contributed by atoms with Crippen LogP contribution in [0.25, 0.3) is 22.5 Å². The van der Waals surface area contributed by atoms with Crippen molar-refractivity contribution in [3.63, 3.8) is 0 Å². The maximum absolute atomic E-state index is 14.9. The molecule has 2 amide bonds. The third-order valence-corrected chi connectivity index (χ3v) is 13.4. The lowest BCUT2D eigenvalue weighted by Crippen LogP contribution is -2.46. The summed E-state index contributed by atoms with van der Waals surface area (Å²) in [5.41, 5.74) is 23.4. The predicted molar refractivity (Wildman–Crippen MR) is 255 cm³/mol. The third-order valence-electron chi connectivity index (χ3n) is 13.4. The molecule has 1 fully saturated rings. The number of amides is 2. The summed E-state index contributed by atoms with van der Waals surface area (Å²) < 4.78 is 18.3. The first-order chi connectivity index (χ1) is 32.7. The molecule has 16 heteroatoms. The topological polar surface area (TPSA) is 256 Å². The minimum absolute atomic E-state index is 0.0325. The molecule has 4 aromatic rings. The van der Waals surface area contributed by atoms with E-state index in [9.17, 15) is 29.2 Å². The number of aryl methyl sites for hydroxylation is 2. The second-order valence-electron chi connectivity index (χ2n) is 18.3. The van der Waals surface area contributed by atoms with Crippen LogP contribution in [-0.4, -0.2) is 96.6 Å². The Morgan fingerprint density at radius 2 is 1.59 bits per heavy atom. The maximum Gasteiger partial charge on any atom is 0.226 e. The van der Waals surface area contributed by atoms with Crippen molar-refractivity contribution >= 4 is 29.2 Å². The lowest BCUT2D eigenvalue weighted by molar-refractivity contribution is -0.142. The molecule has 4 bridgehead atoms. The molecular formula is C52H62N8O8. The highest BCUT2D eigenvalue weighted by atomic mass is 16.5. The van der Waals surface area contributed by atoms with E-state index in [1.54, 1.807) is 51.1 Å². The zero-order chi connectivity index (χ0) is 48.7. The Bertz CT molecular complexity index is 2600. The van der Waals surface area contributed by atoms with Crippen LogP contribution in [0, 0.1) is 37.0 Å². The molecule has 358 valence electrons. The van der Waals surface area contributed by atoms with E-state index in [1.165, 1.54) is 17.5 Å². The summed E-state index contributed by atoms with van der Waals surface area (Å²) in [4.78, 5) is 82.2. The van der Waals surface area contributed by atoms with Gasteiger partial charge in [0.2, 0.25) is 11.8 Å². The molecule has 1 saturated carbocycles. The summed E-state index contributed by atoms with van der Waals surface area (Å²) in [5, 5.41) is 12.1. The van der Waals surface area contributed by atoms with E-state index in [0.29, 0.717) is 63.1 Å². The van der Waals surface area contributed by atoms with Crippen LogP contribution in [0.4, 0.5) is 0 Å². The number of hydrogen-bond acceptors (Lipinski definition) is 14. The number of aromatic nitrogens is 2. The van der Waals surface area contributed by atoms with Crippen LogP contribution >= 0.6 is 0 Å². The number of ketones is 3. The van der Waals surface area contributed by atoms with Gasteiger partial charge in [-0.05, 0) is 94.0 Å². The average molecular weight is 927 g/mol. The van der Waals surface area contributed by atoms with E-state index in [1.807, 2.05) is 24.3 Å². The Balaban J connectivity index is 1.24. The molecule has 1 aliphatic carbocycles. The van der Waals surface area contributed by atoms with Crippen molar-refractivity contribution < 1.29 is 38.2 Å². The number of likely N-dealkylation sites (N-methyl/N-ethyl adjacent to an activating group) is 1. The van der Waals surface area contributed by atoms with Crippen LogP contribution < -0.4 is 36.7 Å². The second-order valence-corrected chi connectivity index (χ2v) is 18.3. The fourth-order valence-electron chi connectivity index (χ4n) is 9.60. The Labute approximate surface area is 397 Å². The number of hydrogen-bond donors (Lipinski definition) is 4. The number of nitrogens with zero attached hydrogens (tertiary/aromatic N) is 4. The molecule has 3 aromatic carbocycles. The number of nitrogens with two attached hydrogens (primary N) is 3. The van der Waals surface area contributed by atoms with Crippen molar-refractivity contribution in [3.8, 4) is 45.8 Å². The first-order valence-electron chi connectivity index (χ1n) is 23.5. The minimum atomic E-state index is -1.25. The van der Waals surface area contributed by atoms with Crippen LogP contribution in [0.15, 0.2) is 54.6 Å². The average Bonchev–Trinajstić information content (AvgIpc) is 4.10. The fourth-order valence-corrected chi connectivity index (χ4v) is 9.60. The van der Waals surface area contributed by atoms with E-state index in [2.05, 4.69) is 11.4 Å². The van der Waals surface area contributed by atoms with Gasteiger partial charge >= 0.3 is 0 Å². The molecular weight excluding hydrogens is 865 g/mol. The van der Waals surface area contributed by atoms with Gasteiger partial charge in [0.15, 0.2) is 23.2 Å². The van der Waals surface area contributed by atoms with Crippen molar-refractivity contribution in [2.24, 2.45) is 29.0 Å². The summed E-state index contributed by atoms with van der Waals surface area (Å²) in [6, 6.07) is 16.3. The molecule has 2 aliphatic heterocycles. The summed E-state index contributed by atoms with van der Waals surface area (Å²) in [6.07, 6.45) is 2.91. The Hall–Kier alpha value is -6.54. The van der Waals surface area contributed by atoms with Gasteiger partial charge in [-0.3, -0.25) is 24.0 Å². The van der Waals surface area contributed by atoms with Crippen LogP contribution in [0.3, 0.4) is 0 Å². The molecule has 1 spiro atoms. The monoisotopic (exact) mass is 926 g/mol. The van der Waals surface area contributed by atoms with Crippen LogP contribution in [0.2, 0.25) is 0 Å². The number of rotatable bonds is 17. The highest BCUT2D eigenvalue weighted by Crippen LogP contribution is 2.56. The number of ether oxygens (including phenoxy) is 3. The number of carbonyl (C=O) groups is 5. The molecule has 16 nitrogen and oxygen atoms in total. The predicted octanol–water partition coefficient (Wildman–Crippen LogP) is 5.16. The van der Waals surface area contributed by atoms with Gasteiger partial charge in [-0.2, -0.15) is 5.26 Å². The van der Waals surface area contributed by atoms with E-state index in [-0.39, 0.29) is 88.4 Å². The highest BCUT2D eigenvalue weighted by Gasteiger charge is 2.48. The largest absolute Gasteiger partial charge is 0.493 e. The first kappa shape index (κ1) is 49.4. The van der Waals surface area contributed by atoms with Gasteiger partial charge in [0.1, 0.15) is 36.5 Å². The molecule has 0 saturated heterocycles. The number of nitrogens with one attached hydrogen (secondary N) is 1. The van der Waals surface area contributed by atoms with Crippen molar-refractivity contribution in [3.05, 3.63) is 88.2 Å². The van der Waals surface area contributed by atoms with Crippen LogP contribution in [-0.2, 0) is 31.0 Å². The third kappa shape index (κ3) is 10.8. The quantitative estimate of drug-likeness (QED) is 0.0998. The van der Waals surface area contributed by atoms with Gasteiger partial charge in [-0.25, -0.2) is 9.97 Å². The van der Waals surface area contributed by atoms with E-state index in [4.69, 9.17) is 41.4 Å². The second kappa shape index (κ2) is 21.6. The van der Waals surface area contributed by atoms with Gasteiger partial charge in [0.25, 0.3) is 0 Å². The number of benzene rings is 3. The molecule has 0 radical (unpaired) electrons. The summed E-state index contributed by atoms with van der Waals surface area (Å²) in [5.74, 6) is -1.87. The summed E-state index contributed by atoms with van der Waals surface area (Å²) >= 11 is 0. The molecule has 4 atom stereocenters. The molecule has 3 heterocycles. The van der Waals surface area contributed by atoms with Crippen molar-refractivity contribution in [2.45, 2.75) is 96.1 Å².